The molecule has 1 unspecified atom stereocenters. The third kappa shape index (κ3) is 4.99. The van der Waals surface area contributed by atoms with Crippen LogP contribution in [0, 0.1) is 5.92 Å². The summed E-state index contributed by atoms with van der Waals surface area (Å²) < 4.78 is 0. The van der Waals surface area contributed by atoms with Crippen LogP contribution in [0.2, 0.25) is 0 Å². The van der Waals surface area contributed by atoms with E-state index in [2.05, 4.69) is 21.6 Å². The normalized spacial score (nSPS) is 25.7. The van der Waals surface area contributed by atoms with Gasteiger partial charge >= 0.3 is 0 Å². The number of piperidine rings is 2. The minimum Gasteiger partial charge on any atom is -0.343 e. The molecule has 3 saturated heterocycles. The molecule has 0 aromatic heterocycles. The smallest absolute Gasteiger partial charge is 0.226 e. The maximum Gasteiger partial charge on any atom is 0.226 e. The molecular weight excluding hydrogens is 326 g/mol. The fraction of sp³-hybridized carbons (Fsp3) is 0.905. The SMILES string of the molecule is CCCCCC(=O)N1CCC(N2CCCC(C(=O)N3CCCC3)C2)CC1. The van der Waals surface area contributed by atoms with Crippen molar-refractivity contribution in [1.82, 2.24) is 14.7 Å². The third-order valence-electron chi connectivity index (χ3n) is 6.55. The number of hydrogen-bond acceptors (Lipinski definition) is 3. The van der Waals surface area contributed by atoms with Crippen molar-refractivity contribution in [2.45, 2.75) is 77.2 Å². The van der Waals surface area contributed by atoms with Crippen molar-refractivity contribution in [1.29, 1.82) is 0 Å². The largest absolute Gasteiger partial charge is 0.343 e. The molecule has 3 rings (SSSR count). The lowest BCUT2D eigenvalue weighted by atomic mass is 9.93. The zero-order chi connectivity index (χ0) is 18.4. The zero-order valence-electron chi connectivity index (χ0n) is 16.6. The highest BCUT2D eigenvalue weighted by Crippen LogP contribution is 2.26. The summed E-state index contributed by atoms with van der Waals surface area (Å²) in [6, 6.07) is 0.559. The molecule has 0 aliphatic carbocycles. The number of rotatable bonds is 6. The van der Waals surface area contributed by atoms with E-state index in [1.54, 1.807) is 0 Å². The highest BCUT2D eigenvalue weighted by Gasteiger charge is 2.34. The van der Waals surface area contributed by atoms with Crippen LogP contribution in [0.15, 0.2) is 0 Å². The summed E-state index contributed by atoms with van der Waals surface area (Å²) in [7, 11) is 0. The molecule has 0 radical (unpaired) electrons. The van der Waals surface area contributed by atoms with E-state index in [4.69, 9.17) is 0 Å². The van der Waals surface area contributed by atoms with E-state index in [9.17, 15) is 9.59 Å². The average Bonchev–Trinajstić information content (AvgIpc) is 3.22. The average molecular weight is 364 g/mol. The van der Waals surface area contributed by atoms with Gasteiger partial charge in [-0.3, -0.25) is 14.5 Å². The molecule has 0 N–H and O–H groups in total. The van der Waals surface area contributed by atoms with Crippen LogP contribution in [0.1, 0.15) is 71.1 Å². The molecule has 3 aliphatic heterocycles. The molecule has 3 heterocycles. The molecule has 148 valence electrons. The van der Waals surface area contributed by atoms with Crippen molar-refractivity contribution in [3.05, 3.63) is 0 Å². The summed E-state index contributed by atoms with van der Waals surface area (Å²) >= 11 is 0. The van der Waals surface area contributed by atoms with Gasteiger partial charge in [0.2, 0.25) is 11.8 Å². The maximum atomic E-state index is 12.7. The number of likely N-dealkylation sites (tertiary alicyclic amines) is 3. The van der Waals surface area contributed by atoms with E-state index < -0.39 is 0 Å². The molecule has 0 saturated carbocycles. The lowest BCUT2D eigenvalue weighted by Gasteiger charge is -2.42. The monoisotopic (exact) mass is 363 g/mol. The van der Waals surface area contributed by atoms with E-state index in [0.29, 0.717) is 24.3 Å². The summed E-state index contributed by atoms with van der Waals surface area (Å²) in [5.74, 6) is 0.948. The van der Waals surface area contributed by atoms with Gasteiger partial charge in [-0.2, -0.15) is 0 Å². The molecule has 0 spiro atoms. The first kappa shape index (κ1) is 19.7. The molecule has 26 heavy (non-hydrogen) atoms. The van der Waals surface area contributed by atoms with E-state index in [-0.39, 0.29) is 5.92 Å². The number of nitrogens with zero attached hydrogens (tertiary/aromatic N) is 3. The quantitative estimate of drug-likeness (QED) is 0.682. The second-order valence-corrected chi connectivity index (χ2v) is 8.44. The van der Waals surface area contributed by atoms with Gasteiger partial charge in [0.05, 0.1) is 5.92 Å². The number of unbranched alkanes of at least 4 members (excludes halogenated alkanes) is 2. The number of carbonyl (C=O) groups excluding carboxylic acids is 2. The van der Waals surface area contributed by atoms with Gasteiger partial charge in [0.1, 0.15) is 0 Å². The predicted octanol–water partition coefficient (Wildman–Crippen LogP) is 2.89. The Morgan fingerprint density at radius 3 is 2.27 bits per heavy atom. The molecular formula is C21H37N3O2. The van der Waals surface area contributed by atoms with Crippen LogP contribution in [0.4, 0.5) is 0 Å². The lowest BCUT2D eigenvalue weighted by molar-refractivity contribution is -0.136. The fourth-order valence-electron chi connectivity index (χ4n) is 4.90. The molecule has 2 amide bonds. The minimum absolute atomic E-state index is 0.204. The van der Waals surface area contributed by atoms with Crippen molar-refractivity contribution >= 4 is 11.8 Å². The van der Waals surface area contributed by atoms with Crippen molar-refractivity contribution in [2.75, 3.05) is 39.3 Å². The predicted molar refractivity (Wildman–Crippen MR) is 104 cm³/mol. The Morgan fingerprint density at radius 2 is 1.58 bits per heavy atom. The van der Waals surface area contributed by atoms with Crippen LogP contribution < -0.4 is 0 Å². The Kier molecular flexibility index (Phi) is 7.35. The summed E-state index contributed by atoms with van der Waals surface area (Å²) in [5.41, 5.74) is 0. The summed E-state index contributed by atoms with van der Waals surface area (Å²) in [4.78, 5) is 31.8. The first-order valence-corrected chi connectivity index (χ1v) is 11.0. The minimum atomic E-state index is 0.204. The van der Waals surface area contributed by atoms with Crippen molar-refractivity contribution in [2.24, 2.45) is 5.92 Å². The second kappa shape index (κ2) is 9.72. The Hall–Kier alpha value is -1.10. The highest BCUT2D eigenvalue weighted by molar-refractivity contribution is 5.79. The summed E-state index contributed by atoms with van der Waals surface area (Å²) in [5, 5.41) is 0. The molecule has 0 bridgehead atoms. The van der Waals surface area contributed by atoms with Gasteiger partial charge in [0.15, 0.2) is 0 Å². The zero-order valence-corrected chi connectivity index (χ0v) is 16.6. The number of hydrogen-bond donors (Lipinski definition) is 0. The van der Waals surface area contributed by atoms with Crippen LogP contribution in [0.3, 0.4) is 0 Å². The Morgan fingerprint density at radius 1 is 0.846 bits per heavy atom. The van der Waals surface area contributed by atoms with Crippen molar-refractivity contribution in [3.8, 4) is 0 Å². The van der Waals surface area contributed by atoms with Crippen molar-refractivity contribution in [3.63, 3.8) is 0 Å². The van der Waals surface area contributed by atoms with Gasteiger partial charge in [-0.25, -0.2) is 0 Å². The van der Waals surface area contributed by atoms with E-state index >= 15 is 0 Å². The first-order valence-electron chi connectivity index (χ1n) is 11.0. The van der Waals surface area contributed by atoms with Crippen LogP contribution in [0.5, 0.6) is 0 Å². The molecule has 3 fully saturated rings. The number of amides is 2. The van der Waals surface area contributed by atoms with Gasteiger partial charge in [0, 0.05) is 45.2 Å². The standard InChI is InChI=1S/C21H37N3O2/c1-2-3-4-9-20(25)22-15-10-19(11-16-22)24-14-7-8-18(17-24)21(26)23-12-5-6-13-23/h18-19H,2-17H2,1H3. The molecule has 0 aromatic carbocycles. The van der Waals surface area contributed by atoms with Crippen LogP contribution >= 0.6 is 0 Å². The molecule has 0 aromatic rings. The van der Waals surface area contributed by atoms with Gasteiger partial charge in [-0.15, -0.1) is 0 Å². The van der Waals surface area contributed by atoms with Crippen LogP contribution in [0.25, 0.3) is 0 Å². The summed E-state index contributed by atoms with van der Waals surface area (Å²) in [6.07, 6.45) is 10.8. The Balaban J connectivity index is 1.43. The third-order valence-corrected chi connectivity index (χ3v) is 6.55. The Labute approximate surface area is 159 Å². The van der Waals surface area contributed by atoms with Gasteiger partial charge in [-0.1, -0.05) is 19.8 Å². The van der Waals surface area contributed by atoms with Gasteiger partial charge < -0.3 is 9.80 Å². The number of carbonyl (C=O) groups is 2. The highest BCUT2D eigenvalue weighted by atomic mass is 16.2. The van der Waals surface area contributed by atoms with Gasteiger partial charge in [0.25, 0.3) is 0 Å². The molecule has 5 heteroatoms. The van der Waals surface area contributed by atoms with Crippen LogP contribution in [-0.2, 0) is 9.59 Å². The van der Waals surface area contributed by atoms with E-state index in [1.165, 1.54) is 19.3 Å². The molecule has 5 nitrogen and oxygen atoms in total. The fourth-order valence-corrected chi connectivity index (χ4v) is 4.90. The Bertz CT molecular complexity index is 468. The molecule has 3 aliphatic rings. The van der Waals surface area contributed by atoms with Gasteiger partial charge in [-0.05, 0) is 51.5 Å². The molecule has 1 atom stereocenters. The first-order chi connectivity index (χ1) is 12.7. The maximum absolute atomic E-state index is 12.7. The van der Waals surface area contributed by atoms with Crippen molar-refractivity contribution < 1.29 is 9.59 Å². The van der Waals surface area contributed by atoms with E-state index in [0.717, 1.165) is 77.8 Å². The second-order valence-electron chi connectivity index (χ2n) is 8.44. The summed E-state index contributed by atoms with van der Waals surface area (Å²) in [6.45, 7) is 7.97. The lowest BCUT2D eigenvalue weighted by Crippen LogP contribution is -2.51. The van der Waals surface area contributed by atoms with E-state index in [1.807, 2.05) is 0 Å². The van der Waals surface area contributed by atoms with Crippen LogP contribution in [-0.4, -0.2) is 71.8 Å². The topological polar surface area (TPSA) is 43.9 Å².